The molecule has 3 aromatic carbocycles. The number of carbonyl (C=O) groups is 1. The van der Waals surface area contributed by atoms with Crippen LogP contribution in [0, 0.1) is 6.92 Å². The first-order valence-corrected chi connectivity index (χ1v) is 9.95. The van der Waals surface area contributed by atoms with Gasteiger partial charge in [0.05, 0.1) is 16.1 Å². The number of amides is 1. The largest absolute Gasteiger partial charge is 0.348 e. The molecule has 0 fully saturated rings. The average Bonchev–Trinajstić information content (AvgIpc) is 2.67. The predicted molar refractivity (Wildman–Crippen MR) is 106 cm³/mol. The first kappa shape index (κ1) is 18.7. The lowest BCUT2D eigenvalue weighted by atomic mass is 10.1. The maximum absolute atomic E-state index is 12.6. The molecule has 0 unspecified atom stereocenters. The summed E-state index contributed by atoms with van der Waals surface area (Å²) in [5.41, 5.74) is 2.59. The second-order valence-corrected chi connectivity index (χ2v) is 7.82. The molecule has 3 aromatic rings. The number of nitrogens with one attached hydrogen (secondary N) is 2. The van der Waals surface area contributed by atoms with Gasteiger partial charge in [-0.1, -0.05) is 60.2 Å². The van der Waals surface area contributed by atoms with Gasteiger partial charge >= 0.3 is 0 Å². The van der Waals surface area contributed by atoms with Gasteiger partial charge in [0.15, 0.2) is 0 Å². The van der Waals surface area contributed by atoms with Crippen molar-refractivity contribution in [1.29, 1.82) is 0 Å². The SMILES string of the molecule is Cc1cccc(CNC(=O)c2ccccc2NS(=O)(=O)c2ccccc2)c1. The van der Waals surface area contributed by atoms with Crippen LogP contribution in [0.4, 0.5) is 5.69 Å². The van der Waals surface area contributed by atoms with E-state index in [0.717, 1.165) is 11.1 Å². The van der Waals surface area contributed by atoms with E-state index in [-0.39, 0.29) is 22.1 Å². The Morgan fingerprint density at radius 1 is 0.889 bits per heavy atom. The lowest BCUT2D eigenvalue weighted by molar-refractivity contribution is 0.0952. The van der Waals surface area contributed by atoms with Crippen LogP contribution in [0.2, 0.25) is 0 Å². The standard InChI is InChI=1S/C21H20N2O3S/c1-16-8-7-9-17(14-16)15-22-21(24)19-12-5-6-13-20(19)23-27(25,26)18-10-3-2-4-11-18/h2-14,23H,15H2,1H3,(H,22,24). The summed E-state index contributed by atoms with van der Waals surface area (Å²) in [5.74, 6) is -0.345. The van der Waals surface area contributed by atoms with E-state index in [2.05, 4.69) is 10.0 Å². The van der Waals surface area contributed by atoms with Gasteiger partial charge < -0.3 is 5.32 Å². The Hall–Kier alpha value is -3.12. The third-order valence-corrected chi connectivity index (χ3v) is 5.39. The summed E-state index contributed by atoms with van der Waals surface area (Å²) in [7, 11) is -3.77. The average molecular weight is 380 g/mol. The number of hydrogen-bond acceptors (Lipinski definition) is 3. The van der Waals surface area contributed by atoms with E-state index in [0.29, 0.717) is 6.54 Å². The van der Waals surface area contributed by atoms with Crippen LogP contribution in [0.3, 0.4) is 0 Å². The van der Waals surface area contributed by atoms with Crippen LogP contribution < -0.4 is 10.0 Å². The Labute approximate surface area is 159 Å². The summed E-state index contributed by atoms with van der Waals surface area (Å²) in [4.78, 5) is 12.7. The van der Waals surface area contributed by atoms with E-state index in [1.807, 2.05) is 31.2 Å². The summed E-state index contributed by atoms with van der Waals surface area (Å²) in [6.07, 6.45) is 0. The minimum Gasteiger partial charge on any atom is -0.348 e. The number of sulfonamides is 1. The maximum atomic E-state index is 12.6. The first-order valence-electron chi connectivity index (χ1n) is 8.46. The lowest BCUT2D eigenvalue weighted by Crippen LogP contribution is -2.25. The molecule has 0 saturated carbocycles. The number of hydrogen-bond donors (Lipinski definition) is 2. The van der Waals surface area contributed by atoms with Crippen LogP contribution in [-0.4, -0.2) is 14.3 Å². The molecule has 2 N–H and O–H groups in total. The van der Waals surface area contributed by atoms with E-state index in [9.17, 15) is 13.2 Å². The quantitative estimate of drug-likeness (QED) is 0.684. The van der Waals surface area contributed by atoms with Crippen LogP contribution >= 0.6 is 0 Å². The van der Waals surface area contributed by atoms with Gasteiger partial charge in [0.25, 0.3) is 15.9 Å². The molecule has 0 radical (unpaired) electrons. The van der Waals surface area contributed by atoms with Gasteiger partial charge in [-0.3, -0.25) is 9.52 Å². The predicted octanol–water partition coefficient (Wildman–Crippen LogP) is 3.73. The normalized spacial score (nSPS) is 11.0. The number of carbonyl (C=O) groups excluding carboxylic acids is 1. The van der Waals surface area contributed by atoms with Gasteiger partial charge in [-0.2, -0.15) is 0 Å². The number of aryl methyl sites for hydroxylation is 1. The molecule has 27 heavy (non-hydrogen) atoms. The molecule has 0 aliphatic carbocycles. The van der Waals surface area contributed by atoms with E-state index in [4.69, 9.17) is 0 Å². The van der Waals surface area contributed by atoms with Gasteiger partial charge in [0, 0.05) is 6.54 Å². The van der Waals surface area contributed by atoms with Gasteiger partial charge in [-0.15, -0.1) is 0 Å². The zero-order valence-electron chi connectivity index (χ0n) is 14.8. The fourth-order valence-electron chi connectivity index (χ4n) is 2.67. The van der Waals surface area contributed by atoms with Gasteiger partial charge in [-0.05, 0) is 36.8 Å². The Bertz CT molecular complexity index is 1050. The minimum absolute atomic E-state index is 0.139. The molecule has 0 atom stereocenters. The third kappa shape index (κ3) is 4.74. The van der Waals surface area contributed by atoms with Crippen LogP contribution in [0.15, 0.2) is 83.8 Å². The Kier molecular flexibility index (Phi) is 5.57. The second-order valence-electron chi connectivity index (χ2n) is 6.14. The highest BCUT2D eigenvalue weighted by atomic mass is 32.2. The molecule has 0 spiro atoms. The van der Waals surface area contributed by atoms with Crippen molar-refractivity contribution in [3.05, 3.63) is 95.6 Å². The zero-order chi connectivity index (χ0) is 19.3. The lowest BCUT2D eigenvalue weighted by Gasteiger charge is -2.13. The molecule has 0 bridgehead atoms. The van der Waals surface area contributed by atoms with Crippen molar-refractivity contribution < 1.29 is 13.2 Å². The van der Waals surface area contributed by atoms with E-state index >= 15 is 0 Å². The summed E-state index contributed by atoms with van der Waals surface area (Å²) in [6, 6.07) is 22.4. The third-order valence-electron chi connectivity index (χ3n) is 4.01. The fourth-order valence-corrected chi connectivity index (χ4v) is 3.77. The van der Waals surface area contributed by atoms with Crippen molar-refractivity contribution >= 4 is 21.6 Å². The van der Waals surface area contributed by atoms with Crippen molar-refractivity contribution in [2.75, 3.05) is 4.72 Å². The molecule has 3 rings (SSSR count). The van der Waals surface area contributed by atoms with Crippen LogP contribution in [0.1, 0.15) is 21.5 Å². The van der Waals surface area contributed by atoms with Crippen molar-refractivity contribution in [1.82, 2.24) is 5.32 Å². The molecular weight excluding hydrogens is 360 g/mol. The molecule has 5 nitrogen and oxygen atoms in total. The van der Waals surface area contributed by atoms with Gasteiger partial charge in [-0.25, -0.2) is 8.42 Å². The van der Waals surface area contributed by atoms with Crippen molar-refractivity contribution in [2.45, 2.75) is 18.4 Å². The Morgan fingerprint density at radius 3 is 2.33 bits per heavy atom. The summed E-state index contributed by atoms with van der Waals surface area (Å²) in [5, 5.41) is 2.83. The molecule has 0 saturated heterocycles. The van der Waals surface area contributed by atoms with Crippen LogP contribution in [0.5, 0.6) is 0 Å². The fraction of sp³-hybridized carbons (Fsp3) is 0.0952. The van der Waals surface area contributed by atoms with Crippen molar-refractivity contribution in [3.8, 4) is 0 Å². The number of anilines is 1. The van der Waals surface area contributed by atoms with Crippen molar-refractivity contribution in [3.63, 3.8) is 0 Å². The van der Waals surface area contributed by atoms with E-state index < -0.39 is 10.0 Å². The highest BCUT2D eigenvalue weighted by Gasteiger charge is 2.18. The second kappa shape index (κ2) is 8.05. The molecular formula is C21H20N2O3S. The molecule has 1 amide bonds. The topological polar surface area (TPSA) is 75.3 Å². The Morgan fingerprint density at radius 2 is 1.59 bits per heavy atom. The van der Waals surface area contributed by atoms with E-state index in [1.165, 1.54) is 12.1 Å². The zero-order valence-corrected chi connectivity index (χ0v) is 15.7. The number of rotatable bonds is 6. The monoisotopic (exact) mass is 380 g/mol. The Balaban J connectivity index is 1.78. The number of para-hydroxylation sites is 1. The highest BCUT2D eigenvalue weighted by Crippen LogP contribution is 2.20. The molecule has 6 heteroatoms. The smallest absolute Gasteiger partial charge is 0.261 e. The molecule has 0 aliphatic rings. The summed E-state index contributed by atoms with van der Waals surface area (Å²) < 4.78 is 27.6. The van der Waals surface area contributed by atoms with Crippen LogP contribution in [0.25, 0.3) is 0 Å². The molecule has 0 aliphatic heterocycles. The maximum Gasteiger partial charge on any atom is 0.261 e. The van der Waals surface area contributed by atoms with E-state index in [1.54, 1.807) is 42.5 Å². The number of benzene rings is 3. The first-order chi connectivity index (χ1) is 13.0. The van der Waals surface area contributed by atoms with Gasteiger partial charge in [0.2, 0.25) is 0 Å². The van der Waals surface area contributed by atoms with Crippen LogP contribution in [-0.2, 0) is 16.6 Å². The molecule has 138 valence electrons. The molecule has 0 heterocycles. The van der Waals surface area contributed by atoms with Gasteiger partial charge in [0.1, 0.15) is 0 Å². The minimum atomic E-state index is -3.77. The highest BCUT2D eigenvalue weighted by molar-refractivity contribution is 7.92. The van der Waals surface area contributed by atoms with Crippen molar-refractivity contribution in [2.24, 2.45) is 0 Å². The molecule has 0 aromatic heterocycles. The summed E-state index contributed by atoms with van der Waals surface area (Å²) in [6.45, 7) is 2.35. The summed E-state index contributed by atoms with van der Waals surface area (Å²) >= 11 is 0.